The van der Waals surface area contributed by atoms with Crippen molar-refractivity contribution >= 4 is 23.8 Å². The Labute approximate surface area is 92.6 Å². The van der Waals surface area contributed by atoms with E-state index in [1.807, 2.05) is 6.92 Å². The minimum Gasteiger partial charge on any atom is -0.478 e. The van der Waals surface area contributed by atoms with E-state index in [9.17, 15) is 9.59 Å². The summed E-state index contributed by atoms with van der Waals surface area (Å²) in [5.41, 5.74) is 7.18. The number of aryl methyl sites for hydroxylation is 1. The Morgan fingerprint density at radius 1 is 1.44 bits per heavy atom. The second kappa shape index (κ2) is 4.97. The van der Waals surface area contributed by atoms with E-state index in [-0.39, 0.29) is 0 Å². The number of carbonyl (C=O) groups is 2. The zero-order chi connectivity index (χ0) is 12.1. The van der Waals surface area contributed by atoms with Crippen LogP contribution in [0, 0.1) is 6.92 Å². The molecule has 16 heavy (non-hydrogen) atoms. The highest BCUT2D eigenvalue weighted by Crippen LogP contribution is 2.16. The number of aliphatic carboxylic acids is 1. The van der Waals surface area contributed by atoms with Crippen molar-refractivity contribution in [3.63, 3.8) is 0 Å². The van der Waals surface area contributed by atoms with Crippen molar-refractivity contribution in [1.82, 2.24) is 0 Å². The molecule has 0 spiro atoms. The van der Waals surface area contributed by atoms with E-state index in [4.69, 9.17) is 10.8 Å². The standard InChI is InChI=1S/C11H12N2O3/c1-7-6-9(13-11(12)16)4-2-8(7)3-5-10(14)15/h2-6H,1H3,(H,14,15)(H3,12,13,16)/b5-3+. The van der Waals surface area contributed by atoms with Crippen LogP contribution in [0.15, 0.2) is 24.3 Å². The number of rotatable bonds is 3. The maximum Gasteiger partial charge on any atom is 0.328 e. The Balaban J connectivity index is 2.91. The summed E-state index contributed by atoms with van der Waals surface area (Å²) >= 11 is 0. The minimum absolute atomic E-state index is 0.581. The van der Waals surface area contributed by atoms with E-state index >= 15 is 0 Å². The quantitative estimate of drug-likeness (QED) is 0.675. The van der Waals surface area contributed by atoms with Gasteiger partial charge in [-0.25, -0.2) is 9.59 Å². The lowest BCUT2D eigenvalue weighted by molar-refractivity contribution is -0.131. The van der Waals surface area contributed by atoms with Gasteiger partial charge >= 0.3 is 12.0 Å². The number of nitrogens with one attached hydrogen (secondary N) is 1. The summed E-state index contributed by atoms with van der Waals surface area (Å²) in [6.07, 6.45) is 2.55. The van der Waals surface area contributed by atoms with Gasteiger partial charge in [0, 0.05) is 11.8 Å². The molecule has 1 aromatic rings. The molecule has 0 heterocycles. The number of amides is 2. The van der Waals surface area contributed by atoms with Gasteiger partial charge in [-0.1, -0.05) is 6.07 Å². The van der Waals surface area contributed by atoms with Crippen LogP contribution in [-0.2, 0) is 4.79 Å². The first-order valence-corrected chi connectivity index (χ1v) is 4.57. The Kier molecular flexibility index (Phi) is 3.66. The van der Waals surface area contributed by atoms with Gasteiger partial charge < -0.3 is 16.2 Å². The molecule has 1 rings (SSSR count). The summed E-state index contributed by atoms with van der Waals surface area (Å²) < 4.78 is 0. The molecule has 5 heteroatoms. The maximum absolute atomic E-state index is 10.6. The van der Waals surface area contributed by atoms with Crippen LogP contribution in [0.1, 0.15) is 11.1 Å². The number of benzene rings is 1. The molecule has 0 aliphatic heterocycles. The second-order valence-corrected chi connectivity index (χ2v) is 3.23. The number of hydrogen-bond acceptors (Lipinski definition) is 2. The third-order valence-corrected chi connectivity index (χ3v) is 1.94. The van der Waals surface area contributed by atoms with Crippen molar-refractivity contribution in [2.75, 3.05) is 5.32 Å². The van der Waals surface area contributed by atoms with Gasteiger partial charge in [0.25, 0.3) is 0 Å². The topological polar surface area (TPSA) is 92.4 Å². The van der Waals surface area contributed by atoms with Crippen LogP contribution in [0.5, 0.6) is 0 Å². The molecule has 0 radical (unpaired) electrons. The molecule has 0 saturated carbocycles. The highest BCUT2D eigenvalue weighted by atomic mass is 16.4. The Morgan fingerprint density at radius 3 is 2.62 bits per heavy atom. The van der Waals surface area contributed by atoms with Gasteiger partial charge in [0.05, 0.1) is 0 Å². The molecule has 0 saturated heterocycles. The van der Waals surface area contributed by atoms with Gasteiger partial charge in [-0.15, -0.1) is 0 Å². The predicted octanol–water partition coefficient (Wildman–Crippen LogP) is 1.58. The van der Waals surface area contributed by atoms with Crippen LogP contribution in [-0.4, -0.2) is 17.1 Å². The molecule has 0 unspecified atom stereocenters. The highest BCUT2D eigenvalue weighted by molar-refractivity contribution is 5.88. The SMILES string of the molecule is Cc1cc(NC(N)=O)ccc1/C=C/C(=O)O. The van der Waals surface area contributed by atoms with Crippen molar-refractivity contribution in [2.24, 2.45) is 5.73 Å². The summed E-state index contributed by atoms with van der Waals surface area (Å²) in [5.74, 6) is -1.00. The number of carbonyl (C=O) groups excluding carboxylic acids is 1. The van der Waals surface area contributed by atoms with E-state index in [2.05, 4.69) is 5.32 Å². The number of primary amides is 1. The fourth-order valence-electron chi connectivity index (χ4n) is 1.24. The Hall–Kier alpha value is -2.30. The van der Waals surface area contributed by atoms with Crippen LogP contribution in [0.25, 0.3) is 6.08 Å². The normalized spacial score (nSPS) is 10.3. The highest BCUT2D eigenvalue weighted by Gasteiger charge is 1.99. The van der Waals surface area contributed by atoms with Gasteiger partial charge in [0.1, 0.15) is 0 Å². The number of anilines is 1. The predicted molar refractivity (Wildman–Crippen MR) is 61.1 cm³/mol. The van der Waals surface area contributed by atoms with Gasteiger partial charge in [0.2, 0.25) is 0 Å². The smallest absolute Gasteiger partial charge is 0.328 e. The second-order valence-electron chi connectivity index (χ2n) is 3.23. The molecular formula is C11H12N2O3. The average Bonchev–Trinajstić information content (AvgIpc) is 2.15. The molecule has 2 amide bonds. The van der Waals surface area contributed by atoms with Crippen molar-refractivity contribution in [3.05, 3.63) is 35.4 Å². The summed E-state index contributed by atoms with van der Waals surface area (Å²) in [6.45, 7) is 1.81. The molecule has 84 valence electrons. The Morgan fingerprint density at radius 2 is 2.12 bits per heavy atom. The van der Waals surface area contributed by atoms with Crippen LogP contribution < -0.4 is 11.1 Å². The van der Waals surface area contributed by atoms with E-state index in [1.54, 1.807) is 18.2 Å². The number of carboxylic acids is 1. The van der Waals surface area contributed by atoms with Crippen molar-refractivity contribution in [3.8, 4) is 0 Å². The lowest BCUT2D eigenvalue weighted by Crippen LogP contribution is -2.19. The molecule has 0 bridgehead atoms. The van der Waals surface area contributed by atoms with Crippen molar-refractivity contribution < 1.29 is 14.7 Å². The zero-order valence-corrected chi connectivity index (χ0v) is 8.73. The monoisotopic (exact) mass is 220 g/mol. The third-order valence-electron chi connectivity index (χ3n) is 1.94. The molecule has 0 aliphatic rings. The fraction of sp³-hybridized carbons (Fsp3) is 0.0909. The van der Waals surface area contributed by atoms with Crippen LogP contribution in [0.2, 0.25) is 0 Å². The van der Waals surface area contributed by atoms with Crippen molar-refractivity contribution in [1.29, 1.82) is 0 Å². The third kappa shape index (κ3) is 3.45. The summed E-state index contributed by atoms with van der Waals surface area (Å²) in [4.78, 5) is 20.9. The number of urea groups is 1. The minimum atomic E-state index is -1.00. The average molecular weight is 220 g/mol. The molecule has 1 aromatic carbocycles. The lowest BCUT2D eigenvalue weighted by Gasteiger charge is -2.05. The van der Waals surface area contributed by atoms with Gasteiger partial charge in [-0.2, -0.15) is 0 Å². The first-order chi connectivity index (χ1) is 7.49. The van der Waals surface area contributed by atoms with Gasteiger partial charge in [0.15, 0.2) is 0 Å². The molecule has 0 atom stereocenters. The Bertz CT molecular complexity index is 453. The first-order valence-electron chi connectivity index (χ1n) is 4.57. The van der Waals surface area contributed by atoms with E-state index < -0.39 is 12.0 Å². The molecule has 4 N–H and O–H groups in total. The lowest BCUT2D eigenvalue weighted by atomic mass is 10.1. The fourth-order valence-corrected chi connectivity index (χ4v) is 1.24. The van der Waals surface area contributed by atoms with Crippen LogP contribution in [0.3, 0.4) is 0 Å². The van der Waals surface area contributed by atoms with E-state index in [0.717, 1.165) is 17.2 Å². The molecule has 5 nitrogen and oxygen atoms in total. The summed E-state index contributed by atoms with van der Waals surface area (Å²) in [7, 11) is 0. The van der Waals surface area contributed by atoms with Gasteiger partial charge in [-0.05, 0) is 36.3 Å². The van der Waals surface area contributed by atoms with Crippen LogP contribution in [0.4, 0.5) is 10.5 Å². The summed E-state index contributed by atoms with van der Waals surface area (Å²) in [5, 5.41) is 10.9. The van der Waals surface area contributed by atoms with Gasteiger partial charge in [-0.3, -0.25) is 0 Å². The number of carboxylic acid groups (broad SMARTS) is 1. The number of hydrogen-bond donors (Lipinski definition) is 3. The van der Waals surface area contributed by atoms with E-state index in [0.29, 0.717) is 5.69 Å². The molecule has 0 aromatic heterocycles. The maximum atomic E-state index is 10.6. The number of nitrogens with two attached hydrogens (primary N) is 1. The molecular weight excluding hydrogens is 208 g/mol. The molecule has 0 aliphatic carbocycles. The first kappa shape index (κ1) is 11.8. The summed E-state index contributed by atoms with van der Waals surface area (Å²) in [6, 6.07) is 4.44. The zero-order valence-electron chi connectivity index (χ0n) is 8.73. The van der Waals surface area contributed by atoms with E-state index in [1.165, 1.54) is 6.08 Å². The largest absolute Gasteiger partial charge is 0.478 e. The molecule has 0 fully saturated rings. The van der Waals surface area contributed by atoms with Crippen molar-refractivity contribution in [2.45, 2.75) is 6.92 Å². The van der Waals surface area contributed by atoms with Crippen LogP contribution >= 0.6 is 0 Å².